The molecule has 0 bridgehead atoms. The molecule has 3 N–H and O–H groups in total. The molecule has 0 unspecified atom stereocenters. The van der Waals surface area contributed by atoms with Gasteiger partial charge in [0.15, 0.2) is 0 Å². The standard InChI is InChI=1S/C17H26N2O2/c1-13-8-10-14(11-9-13)6-4-5-7-15(20)19-12-17(2,3)16(18)21/h8-11H,4-7,12H2,1-3H3,(H2,18,21)(H,19,20). The Balaban J connectivity index is 2.19. The molecular weight excluding hydrogens is 264 g/mol. The predicted molar refractivity (Wildman–Crippen MR) is 84.7 cm³/mol. The maximum absolute atomic E-state index is 11.7. The number of hydrogen-bond acceptors (Lipinski definition) is 2. The summed E-state index contributed by atoms with van der Waals surface area (Å²) < 4.78 is 0. The molecule has 0 radical (unpaired) electrons. The van der Waals surface area contributed by atoms with Crippen LogP contribution in [0, 0.1) is 12.3 Å². The van der Waals surface area contributed by atoms with Crippen molar-refractivity contribution < 1.29 is 9.59 Å². The van der Waals surface area contributed by atoms with E-state index in [4.69, 9.17) is 5.73 Å². The van der Waals surface area contributed by atoms with E-state index in [9.17, 15) is 9.59 Å². The van der Waals surface area contributed by atoms with Crippen molar-refractivity contribution in [1.29, 1.82) is 0 Å². The second-order valence-electron chi connectivity index (χ2n) is 6.22. The van der Waals surface area contributed by atoms with Crippen LogP contribution in [0.3, 0.4) is 0 Å². The number of carbonyl (C=O) groups excluding carboxylic acids is 2. The number of nitrogens with two attached hydrogens (primary N) is 1. The summed E-state index contributed by atoms with van der Waals surface area (Å²) in [5.74, 6) is -0.421. The first kappa shape index (κ1) is 17.2. The lowest BCUT2D eigenvalue weighted by atomic mass is 9.93. The number of benzene rings is 1. The first-order valence-electron chi connectivity index (χ1n) is 7.43. The van der Waals surface area contributed by atoms with Gasteiger partial charge >= 0.3 is 0 Å². The summed E-state index contributed by atoms with van der Waals surface area (Å²) in [4.78, 5) is 22.9. The molecule has 1 aromatic carbocycles. The second-order valence-corrected chi connectivity index (χ2v) is 6.22. The molecule has 0 saturated carbocycles. The Bertz CT molecular complexity index is 478. The fraction of sp³-hybridized carbons (Fsp3) is 0.529. The molecule has 0 aliphatic heterocycles. The molecule has 1 aromatic rings. The maximum atomic E-state index is 11.7. The summed E-state index contributed by atoms with van der Waals surface area (Å²) in [6.07, 6.45) is 3.30. The summed E-state index contributed by atoms with van der Waals surface area (Å²) in [5.41, 5.74) is 7.13. The van der Waals surface area contributed by atoms with E-state index in [1.807, 2.05) is 0 Å². The van der Waals surface area contributed by atoms with Crippen molar-refractivity contribution >= 4 is 11.8 Å². The number of amides is 2. The van der Waals surface area contributed by atoms with Crippen molar-refractivity contribution in [3.63, 3.8) is 0 Å². The zero-order valence-corrected chi connectivity index (χ0v) is 13.2. The van der Waals surface area contributed by atoms with Gasteiger partial charge in [-0.2, -0.15) is 0 Å². The molecule has 0 aromatic heterocycles. The van der Waals surface area contributed by atoms with Crippen molar-refractivity contribution in [1.82, 2.24) is 5.32 Å². The minimum atomic E-state index is -0.697. The van der Waals surface area contributed by atoms with Crippen molar-refractivity contribution in [3.05, 3.63) is 35.4 Å². The third-order valence-electron chi connectivity index (χ3n) is 3.63. The Morgan fingerprint density at radius 3 is 2.33 bits per heavy atom. The number of unbranched alkanes of at least 4 members (excludes halogenated alkanes) is 1. The van der Waals surface area contributed by atoms with Crippen molar-refractivity contribution in [2.75, 3.05) is 6.54 Å². The Kier molecular flexibility index (Phi) is 6.40. The van der Waals surface area contributed by atoms with E-state index < -0.39 is 11.3 Å². The third-order valence-corrected chi connectivity index (χ3v) is 3.63. The van der Waals surface area contributed by atoms with E-state index in [1.54, 1.807) is 13.8 Å². The fourth-order valence-corrected chi connectivity index (χ4v) is 1.86. The van der Waals surface area contributed by atoms with Crippen LogP contribution in [-0.2, 0) is 16.0 Å². The maximum Gasteiger partial charge on any atom is 0.224 e. The van der Waals surface area contributed by atoms with Gasteiger partial charge in [0.25, 0.3) is 0 Å². The molecule has 0 fully saturated rings. The molecule has 0 heterocycles. The van der Waals surface area contributed by atoms with Gasteiger partial charge < -0.3 is 11.1 Å². The van der Waals surface area contributed by atoms with Gasteiger partial charge in [0.1, 0.15) is 0 Å². The highest BCUT2D eigenvalue weighted by atomic mass is 16.2. The molecular formula is C17H26N2O2. The van der Waals surface area contributed by atoms with Gasteiger partial charge in [-0.3, -0.25) is 9.59 Å². The van der Waals surface area contributed by atoms with Gasteiger partial charge in [-0.25, -0.2) is 0 Å². The van der Waals surface area contributed by atoms with E-state index in [-0.39, 0.29) is 5.91 Å². The largest absolute Gasteiger partial charge is 0.369 e. The van der Waals surface area contributed by atoms with Crippen LogP contribution in [-0.4, -0.2) is 18.4 Å². The van der Waals surface area contributed by atoms with Crippen LogP contribution in [0.2, 0.25) is 0 Å². The highest BCUT2D eigenvalue weighted by molar-refractivity contribution is 5.82. The van der Waals surface area contributed by atoms with Gasteiger partial charge in [0.2, 0.25) is 11.8 Å². The minimum Gasteiger partial charge on any atom is -0.369 e. The van der Waals surface area contributed by atoms with E-state index in [0.29, 0.717) is 13.0 Å². The summed E-state index contributed by atoms with van der Waals surface area (Å²) in [5, 5.41) is 2.77. The lowest BCUT2D eigenvalue weighted by Crippen LogP contribution is -2.42. The highest BCUT2D eigenvalue weighted by Crippen LogP contribution is 2.12. The Labute approximate surface area is 127 Å². The monoisotopic (exact) mass is 290 g/mol. The Hall–Kier alpha value is -1.84. The van der Waals surface area contributed by atoms with E-state index >= 15 is 0 Å². The second kappa shape index (κ2) is 7.81. The smallest absolute Gasteiger partial charge is 0.224 e. The first-order valence-corrected chi connectivity index (χ1v) is 7.43. The average molecular weight is 290 g/mol. The lowest BCUT2D eigenvalue weighted by molar-refractivity contribution is -0.127. The van der Waals surface area contributed by atoms with Crippen molar-refractivity contribution in [2.24, 2.45) is 11.1 Å². The molecule has 0 aliphatic carbocycles. The molecule has 2 amide bonds. The summed E-state index contributed by atoms with van der Waals surface area (Å²) >= 11 is 0. The number of carbonyl (C=O) groups is 2. The molecule has 4 nitrogen and oxygen atoms in total. The van der Waals surface area contributed by atoms with Crippen molar-refractivity contribution in [3.8, 4) is 0 Å². The molecule has 0 atom stereocenters. The molecule has 21 heavy (non-hydrogen) atoms. The van der Waals surface area contributed by atoms with Crippen LogP contribution >= 0.6 is 0 Å². The van der Waals surface area contributed by atoms with Crippen LogP contribution in [0.15, 0.2) is 24.3 Å². The Morgan fingerprint density at radius 2 is 1.76 bits per heavy atom. The quantitative estimate of drug-likeness (QED) is 0.721. The van der Waals surface area contributed by atoms with Crippen LogP contribution in [0.5, 0.6) is 0 Å². The zero-order valence-electron chi connectivity index (χ0n) is 13.2. The van der Waals surface area contributed by atoms with Gasteiger partial charge in [0.05, 0.1) is 5.41 Å². The molecule has 0 aliphatic rings. The van der Waals surface area contributed by atoms with Gasteiger partial charge in [0, 0.05) is 13.0 Å². The Morgan fingerprint density at radius 1 is 1.14 bits per heavy atom. The van der Waals surface area contributed by atoms with Crippen molar-refractivity contribution in [2.45, 2.75) is 46.5 Å². The summed E-state index contributed by atoms with van der Waals surface area (Å²) in [7, 11) is 0. The SMILES string of the molecule is Cc1ccc(CCCCC(=O)NCC(C)(C)C(N)=O)cc1. The number of hydrogen-bond donors (Lipinski definition) is 2. The van der Waals surface area contributed by atoms with Gasteiger partial charge in [-0.05, 0) is 45.6 Å². The number of nitrogens with one attached hydrogen (secondary N) is 1. The molecule has 0 spiro atoms. The topological polar surface area (TPSA) is 72.2 Å². The first-order chi connectivity index (χ1) is 9.81. The van der Waals surface area contributed by atoms with E-state index in [0.717, 1.165) is 19.3 Å². The molecule has 4 heteroatoms. The molecule has 1 rings (SSSR count). The van der Waals surface area contributed by atoms with Crippen LogP contribution in [0.4, 0.5) is 0 Å². The number of primary amides is 1. The minimum absolute atomic E-state index is 0.0202. The summed E-state index contributed by atoms with van der Waals surface area (Å²) in [6, 6.07) is 8.47. The normalized spacial score (nSPS) is 11.2. The average Bonchev–Trinajstić information content (AvgIpc) is 2.43. The third kappa shape index (κ3) is 6.43. The molecule has 0 saturated heterocycles. The zero-order chi connectivity index (χ0) is 15.9. The van der Waals surface area contributed by atoms with E-state index in [1.165, 1.54) is 11.1 Å². The summed E-state index contributed by atoms with van der Waals surface area (Å²) in [6.45, 7) is 5.82. The number of rotatable bonds is 8. The fourth-order valence-electron chi connectivity index (χ4n) is 1.86. The van der Waals surface area contributed by atoms with Gasteiger partial charge in [-0.15, -0.1) is 0 Å². The lowest BCUT2D eigenvalue weighted by Gasteiger charge is -2.20. The van der Waals surface area contributed by atoms with Crippen LogP contribution < -0.4 is 11.1 Å². The van der Waals surface area contributed by atoms with Crippen LogP contribution in [0.1, 0.15) is 44.2 Å². The predicted octanol–water partition coefficient (Wildman–Crippen LogP) is 2.34. The van der Waals surface area contributed by atoms with Crippen LogP contribution in [0.25, 0.3) is 0 Å². The van der Waals surface area contributed by atoms with E-state index in [2.05, 4.69) is 36.5 Å². The highest BCUT2D eigenvalue weighted by Gasteiger charge is 2.25. The number of aryl methyl sites for hydroxylation is 2. The van der Waals surface area contributed by atoms with Gasteiger partial charge in [-0.1, -0.05) is 29.8 Å². The molecule has 116 valence electrons.